The minimum atomic E-state index is -1.56. The van der Waals surface area contributed by atoms with E-state index in [0.29, 0.717) is 70.8 Å². The number of carbonyl (C=O) groups is 3. The van der Waals surface area contributed by atoms with Gasteiger partial charge in [-0.3, -0.25) is 9.59 Å². The fourth-order valence-corrected chi connectivity index (χ4v) is 8.73. The van der Waals surface area contributed by atoms with Crippen LogP contribution in [0.4, 0.5) is 0 Å². The molecule has 3 heterocycles. The van der Waals surface area contributed by atoms with Gasteiger partial charge in [-0.1, -0.05) is 44.6 Å². The predicted molar refractivity (Wildman–Crippen MR) is 190 cm³/mol. The molecule has 6 atom stereocenters. The molecule has 2 fully saturated rings. The summed E-state index contributed by atoms with van der Waals surface area (Å²) in [5.74, 6) is -0.597. The molecular formula is C41H52O9. The molecular weight excluding hydrogens is 636 g/mol. The Balaban J connectivity index is 1.57. The van der Waals surface area contributed by atoms with Gasteiger partial charge in [0.05, 0.1) is 31.5 Å². The summed E-state index contributed by atoms with van der Waals surface area (Å²) in [6, 6.07) is 0. The standard InChI is InChI=1S/C41H52O9/c1-22(2)12-13-25-32-26(15-17-39(9,48-32)18-16-29(42)37(4,5)6)33(46-10)30-31(43)27-20-24-21-28-38(7,8)50-40(35(24)44,41(27,28)49-34(25)30)19-14-23(3)36(45)47-11/h12,14-15,17,20,24,28-29,42H,13,16,18-19,21H2,1-11H3/b23-14-/t24-,28+,29-,39+,40+,41-/m1/s1. The number of carbonyl (C=O) groups excluding carboxylic acids is 3. The van der Waals surface area contributed by atoms with Gasteiger partial charge < -0.3 is 28.8 Å². The van der Waals surface area contributed by atoms with Crippen LogP contribution in [0.1, 0.15) is 109 Å². The minimum absolute atomic E-state index is 0.0297. The number of ether oxygens (including phenoxy) is 5. The van der Waals surface area contributed by atoms with Gasteiger partial charge in [0, 0.05) is 35.0 Å². The van der Waals surface area contributed by atoms with Crippen LogP contribution in [-0.4, -0.2) is 65.4 Å². The number of hydrogen-bond donors (Lipinski definition) is 1. The van der Waals surface area contributed by atoms with Gasteiger partial charge in [-0.15, -0.1) is 0 Å². The van der Waals surface area contributed by atoms with E-state index < -0.39 is 40.4 Å². The zero-order valence-corrected chi connectivity index (χ0v) is 31.4. The number of Topliss-reactive ketones (excluding diaryl/α,β-unsaturated/α-hetero) is 2. The molecule has 9 nitrogen and oxygen atoms in total. The van der Waals surface area contributed by atoms with Gasteiger partial charge in [-0.25, -0.2) is 4.79 Å². The van der Waals surface area contributed by atoms with E-state index in [1.807, 2.05) is 67.5 Å². The monoisotopic (exact) mass is 688 g/mol. The zero-order chi connectivity index (χ0) is 36.8. The van der Waals surface area contributed by atoms with Crippen molar-refractivity contribution in [3.63, 3.8) is 0 Å². The van der Waals surface area contributed by atoms with Crippen molar-refractivity contribution in [2.45, 2.75) is 123 Å². The molecule has 4 bridgehead atoms. The number of esters is 1. The third-order valence-corrected chi connectivity index (χ3v) is 11.6. The number of rotatable bonds is 9. The van der Waals surface area contributed by atoms with E-state index in [-0.39, 0.29) is 29.3 Å². The second-order valence-corrected chi connectivity index (χ2v) is 16.7. The SMILES string of the molecule is COC(=O)/C(C)=C\C[C@@]12OC(C)(C)[C@@H]3C[C@@H](C=C4C(=O)c5c(OC)c6c(c(CC=C(C)C)c5O[C@]431)O[C@](C)(CC[C@@H](O)C(C)(C)C)C=C6)C2=O. The molecule has 1 N–H and O–H groups in total. The zero-order valence-electron chi connectivity index (χ0n) is 31.4. The lowest BCUT2D eigenvalue weighted by Crippen LogP contribution is -2.72. The second-order valence-electron chi connectivity index (χ2n) is 16.7. The Labute approximate surface area is 295 Å². The first kappa shape index (κ1) is 36.1. The van der Waals surface area contributed by atoms with E-state index in [1.54, 1.807) is 19.1 Å². The smallest absolute Gasteiger partial charge is 0.333 e. The molecule has 1 aromatic rings. The second kappa shape index (κ2) is 11.9. The Morgan fingerprint density at radius 1 is 1.08 bits per heavy atom. The maximum Gasteiger partial charge on any atom is 0.333 e. The average Bonchev–Trinajstić information content (AvgIpc) is 3.20. The summed E-state index contributed by atoms with van der Waals surface area (Å²) >= 11 is 0. The summed E-state index contributed by atoms with van der Waals surface area (Å²) in [5.41, 5.74) is -1.47. The average molecular weight is 689 g/mol. The number of methoxy groups -OCH3 is 2. The number of allylic oxidation sites excluding steroid dienone is 3. The first-order valence-corrected chi connectivity index (χ1v) is 17.7. The minimum Gasteiger partial charge on any atom is -0.495 e. The van der Waals surface area contributed by atoms with Gasteiger partial charge in [-0.2, -0.15) is 0 Å². The van der Waals surface area contributed by atoms with Gasteiger partial charge in [0.15, 0.2) is 22.8 Å². The normalized spacial score (nSPS) is 30.7. The Morgan fingerprint density at radius 2 is 1.78 bits per heavy atom. The lowest BCUT2D eigenvalue weighted by molar-refractivity contribution is -0.171. The molecule has 0 amide bonds. The molecule has 0 aromatic heterocycles. The van der Waals surface area contributed by atoms with E-state index in [4.69, 9.17) is 23.7 Å². The van der Waals surface area contributed by atoms with E-state index in [0.717, 1.165) is 5.57 Å². The maximum absolute atomic E-state index is 15.1. The molecule has 6 aliphatic rings. The number of aliphatic hydroxyl groups is 1. The molecule has 1 spiro atoms. The first-order chi connectivity index (χ1) is 23.3. The topological polar surface area (TPSA) is 118 Å². The van der Waals surface area contributed by atoms with Gasteiger partial charge in [0.2, 0.25) is 0 Å². The summed E-state index contributed by atoms with van der Waals surface area (Å²) < 4.78 is 32.1. The molecule has 1 saturated carbocycles. The van der Waals surface area contributed by atoms with Crippen molar-refractivity contribution in [3.05, 3.63) is 57.7 Å². The third-order valence-electron chi connectivity index (χ3n) is 11.6. The lowest BCUT2D eigenvalue weighted by atomic mass is 9.51. The molecule has 1 aromatic carbocycles. The number of hydrogen-bond acceptors (Lipinski definition) is 9. The lowest BCUT2D eigenvalue weighted by Gasteiger charge is -2.56. The number of benzene rings is 1. The fraction of sp³-hybridized carbons (Fsp3) is 0.585. The first-order valence-electron chi connectivity index (χ1n) is 17.7. The molecule has 0 radical (unpaired) electrons. The van der Waals surface area contributed by atoms with E-state index in [2.05, 4.69) is 6.08 Å². The Hall–Kier alpha value is -3.69. The molecule has 3 aliphatic heterocycles. The Kier molecular flexibility index (Phi) is 8.63. The molecule has 7 rings (SSSR count). The number of fused-ring (bicyclic) bond motifs is 2. The van der Waals surface area contributed by atoms with Crippen molar-refractivity contribution < 1.29 is 43.2 Å². The van der Waals surface area contributed by atoms with Crippen LogP contribution in [0.15, 0.2) is 41.0 Å². The summed E-state index contributed by atoms with van der Waals surface area (Å²) in [6.45, 7) is 17.6. The highest BCUT2D eigenvalue weighted by molar-refractivity contribution is 6.19. The molecule has 0 unspecified atom stereocenters. The number of ketones is 2. The maximum atomic E-state index is 15.1. The van der Waals surface area contributed by atoms with Crippen LogP contribution < -0.4 is 14.2 Å². The van der Waals surface area contributed by atoms with Crippen LogP contribution in [0.2, 0.25) is 0 Å². The largest absolute Gasteiger partial charge is 0.495 e. The quantitative estimate of drug-likeness (QED) is 0.165. The highest BCUT2D eigenvalue weighted by Gasteiger charge is 2.81. The van der Waals surface area contributed by atoms with Crippen LogP contribution in [0, 0.1) is 17.3 Å². The highest BCUT2D eigenvalue weighted by atomic mass is 16.6. The van der Waals surface area contributed by atoms with Gasteiger partial charge >= 0.3 is 5.97 Å². The molecule has 3 aliphatic carbocycles. The van der Waals surface area contributed by atoms with Crippen molar-refractivity contribution in [2.24, 2.45) is 17.3 Å². The molecule has 270 valence electrons. The van der Waals surface area contributed by atoms with Crippen LogP contribution in [0.25, 0.3) is 6.08 Å². The van der Waals surface area contributed by atoms with Gasteiger partial charge in [0.25, 0.3) is 0 Å². The molecule has 1 saturated heterocycles. The Bertz CT molecular complexity index is 1780. The van der Waals surface area contributed by atoms with Crippen LogP contribution in [-0.2, 0) is 25.5 Å². The summed E-state index contributed by atoms with van der Waals surface area (Å²) in [7, 11) is 2.85. The van der Waals surface area contributed by atoms with Gasteiger partial charge in [0.1, 0.15) is 28.4 Å². The van der Waals surface area contributed by atoms with Crippen molar-refractivity contribution in [2.75, 3.05) is 14.2 Å². The highest BCUT2D eigenvalue weighted by Crippen LogP contribution is 2.68. The summed E-state index contributed by atoms with van der Waals surface area (Å²) in [5, 5.41) is 10.9. The van der Waals surface area contributed by atoms with E-state index in [9.17, 15) is 14.7 Å². The van der Waals surface area contributed by atoms with Crippen molar-refractivity contribution in [3.8, 4) is 17.2 Å². The van der Waals surface area contributed by atoms with Crippen molar-refractivity contribution in [1.29, 1.82) is 0 Å². The Morgan fingerprint density at radius 3 is 2.40 bits per heavy atom. The molecule has 50 heavy (non-hydrogen) atoms. The summed E-state index contributed by atoms with van der Waals surface area (Å²) in [6.07, 6.45) is 10.9. The van der Waals surface area contributed by atoms with E-state index in [1.165, 1.54) is 14.2 Å². The number of aliphatic hydroxyl groups excluding tert-OH is 1. The predicted octanol–water partition coefficient (Wildman–Crippen LogP) is 7.07. The van der Waals surface area contributed by atoms with Crippen LogP contribution in [0.5, 0.6) is 17.2 Å². The van der Waals surface area contributed by atoms with Crippen LogP contribution in [0.3, 0.4) is 0 Å². The van der Waals surface area contributed by atoms with Gasteiger partial charge in [-0.05, 0) is 84.8 Å². The van der Waals surface area contributed by atoms with Crippen molar-refractivity contribution >= 4 is 23.6 Å². The van der Waals surface area contributed by atoms with Crippen molar-refractivity contribution in [1.82, 2.24) is 0 Å². The van der Waals surface area contributed by atoms with Crippen LogP contribution >= 0.6 is 0 Å². The fourth-order valence-electron chi connectivity index (χ4n) is 8.73. The molecule has 9 heteroatoms. The summed E-state index contributed by atoms with van der Waals surface area (Å²) in [4.78, 5) is 42.0. The third kappa shape index (κ3) is 5.21. The van der Waals surface area contributed by atoms with E-state index >= 15 is 4.79 Å².